The van der Waals surface area contributed by atoms with Gasteiger partial charge in [-0.2, -0.15) is 0 Å². The number of hydrogen-bond acceptors (Lipinski definition) is 0. The molecule has 0 heterocycles. The largest absolute Gasteiger partial charge is 0.310 e. The molecule has 94 valence electrons. The Morgan fingerprint density at radius 2 is 2.00 bits per heavy atom. The van der Waals surface area contributed by atoms with E-state index in [1.807, 2.05) is 0 Å². The highest BCUT2D eigenvalue weighted by Crippen LogP contribution is 2.57. The van der Waals surface area contributed by atoms with Crippen LogP contribution in [0.5, 0.6) is 0 Å². The van der Waals surface area contributed by atoms with Gasteiger partial charge >= 0.3 is 0 Å². The Morgan fingerprint density at radius 1 is 1.29 bits per heavy atom. The molecule has 1 nitrogen and oxygen atoms in total. The lowest BCUT2D eigenvalue weighted by molar-refractivity contribution is 0.00642. The molecule has 1 heteroatoms. The van der Waals surface area contributed by atoms with E-state index < -0.39 is 0 Å². The van der Waals surface area contributed by atoms with Crippen molar-refractivity contribution < 1.29 is 0 Å². The van der Waals surface area contributed by atoms with Crippen LogP contribution in [-0.2, 0) is 0 Å². The first kappa shape index (κ1) is 12.7. The van der Waals surface area contributed by atoms with Gasteiger partial charge in [-0.1, -0.05) is 19.1 Å². The average Bonchev–Trinajstić information content (AvgIpc) is 2.28. The molecule has 2 saturated carbocycles. The van der Waals surface area contributed by atoms with Crippen molar-refractivity contribution in [3.05, 3.63) is 23.6 Å². The van der Waals surface area contributed by atoms with Crippen molar-refractivity contribution in [3.8, 4) is 0 Å². The molecule has 0 aromatic carbocycles. The van der Waals surface area contributed by atoms with E-state index in [-0.39, 0.29) is 5.54 Å². The number of rotatable bonds is 1. The summed E-state index contributed by atoms with van der Waals surface area (Å²) in [6.45, 7) is 18.5. The molecule has 0 saturated heterocycles. The molecule has 0 radical (unpaired) electrons. The van der Waals surface area contributed by atoms with E-state index >= 15 is 0 Å². The topological polar surface area (TPSA) is 4.36 Å². The van der Waals surface area contributed by atoms with Crippen LogP contribution in [0.25, 0.3) is 4.85 Å². The lowest BCUT2D eigenvalue weighted by Crippen LogP contribution is -2.49. The lowest BCUT2D eigenvalue weighted by atomic mass is 9.52. The Morgan fingerprint density at radius 3 is 2.59 bits per heavy atom. The summed E-state index contributed by atoms with van der Waals surface area (Å²) in [6.07, 6.45) is 7.44. The van der Waals surface area contributed by atoms with Crippen molar-refractivity contribution in [1.82, 2.24) is 0 Å². The molecule has 0 amide bonds. The predicted octanol–water partition coefficient (Wildman–Crippen LogP) is 4.85. The zero-order valence-electron chi connectivity index (χ0n) is 11.6. The first-order chi connectivity index (χ1) is 7.91. The van der Waals surface area contributed by atoms with E-state index in [0.29, 0.717) is 17.3 Å². The van der Waals surface area contributed by atoms with Gasteiger partial charge in [-0.05, 0) is 50.4 Å². The molecule has 2 aliphatic rings. The maximum absolute atomic E-state index is 7.58. The van der Waals surface area contributed by atoms with E-state index in [4.69, 9.17) is 6.57 Å². The molecular weight excluding hydrogens is 206 g/mol. The van der Waals surface area contributed by atoms with Crippen molar-refractivity contribution in [2.24, 2.45) is 17.3 Å². The molecule has 2 fully saturated rings. The van der Waals surface area contributed by atoms with Crippen LogP contribution in [0.15, 0.2) is 12.2 Å². The van der Waals surface area contributed by atoms with Crippen molar-refractivity contribution >= 4 is 0 Å². The fourth-order valence-electron chi connectivity index (χ4n) is 4.27. The van der Waals surface area contributed by atoms with Crippen LogP contribution in [-0.4, -0.2) is 5.54 Å². The monoisotopic (exact) mass is 231 g/mol. The highest BCUT2D eigenvalue weighted by atomic mass is 14.8. The van der Waals surface area contributed by atoms with Gasteiger partial charge < -0.3 is 4.85 Å². The SMILES string of the molecule is [C-]#[N+][C@]1(C)CCC[C@]2(C)CCC(C(=C)C)CC21. The fraction of sp³-hybridized carbons (Fsp3) is 0.812. The van der Waals surface area contributed by atoms with Gasteiger partial charge in [-0.25, -0.2) is 6.57 Å². The Balaban J connectivity index is 2.28. The lowest BCUT2D eigenvalue weighted by Gasteiger charge is -2.51. The molecule has 0 N–H and O–H groups in total. The third kappa shape index (κ3) is 2.03. The zero-order valence-corrected chi connectivity index (χ0v) is 11.6. The highest BCUT2D eigenvalue weighted by Gasteiger charge is 2.55. The van der Waals surface area contributed by atoms with Crippen LogP contribution >= 0.6 is 0 Å². The molecule has 2 aliphatic carbocycles. The maximum Gasteiger partial charge on any atom is 0.233 e. The second-order valence-corrected chi connectivity index (χ2v) is 6.85. The zero-order chi connectivity index (χ0) is 12.7. The highest BCUT2D eigenvalue weighted by molar-refractivity contribution is 5.13. The smallest absolute Gasteiger partial charge is 0.233 e. The van der Waals surface area contributed by atoms with Gasteiger partial charge in [0.05, 0.1) is 0 Å². The molecule has 0 spiro atoms. The van der Waals surface area contributed by atoms with Gasteiger partial charge in [0.15, 0.2) is 0 Å². The Hall–Kier alpha value is -0.770. The van der Waals surface area contributed by atoms with Gasteiger partial charge in [-0.3, -0.25) is 0 Å². The summed E-state index contributed by atoms with van der Waals surface area (Å²) in [6, 6.07) is 0. The third-order valence-corrected chi connectivity index (χ3v) is 5.56. The Labute approximate surface area is 106 Å². The van der Waals surface area contributed by atoms with Crippen LogP contribution in [0.1, 0.15) is 59.3 Å². The fourth-order valence-corrected chi connectivity index (χ4v) is 4.27. The maximum atomic E-state index is 7.58. The molecule has 0 bridgehead atoms. The molecule has 0 aliphatic heterocycles. The predicted molar refractivity (Wildman–Crippen MR) is 72.6 cm³/mol. The number of hydrogen-bond donors (Lipinski definition) is 0. The number of allylic oxidation sites excluding steroid dienone is 1. The molecule has 0 aromatic heterocycles. The van der Waals surface area contributed by atoms with E-state index in [2.05, 4.69) is 32.2 Å². The normalized spacial score (nSPS) is 45.8. The Kier molecular flexibility index (Phi) is 3.10. The summed E-state index contributed by atoms with van der Waals surface area (Å²) in [5, 5.41) is 0. The molecule has 17 heavy (non-hydrogen) atoms. The molecule has 0 aromatic rings. The minimum absolute atomic E-state index is 0.110. The Bertz CT molecular complexity index is 364. The van der Waals surface area contributed by atoms with Crippen molar-refractivity contribution in [2.75, 3.05) is 0 Å². The minimum Gasteiger partial charge on any atom is -0.310 e. The summed E-state index contributed by atoms with van der Waals surface area (Å²) in [5.74, 6) is 1.24. The first-order valence-electron chi connectivity index (χ1n) is 6.95. The second kappa shape index (κ2) is 4.16. The summed E-state index contributed by atoms with van der Waals surface area (Å²) < 4.78 is 0. The van der Waals surface area contributed by atoms with Gasteiger partial charge in [0.25, 0.3) is 0 Å². The van der Waals surface area contributed by atoms with Crippen LogP contribution in [0.4, 0.5) is 0 Å². The summed E-state index contributed by atoms with van der Waals surface area (Å²) >= 11 is 0. The van der Waals surface area contributed by atoms with E-state index in [0.717, 1.165) is 6.42 Å². The summed E-state index contributed by atoms with van der Waals surface area (Å²) in [7, 11) is 0. The average molecular weight is 231 g/mol. The van der Waals surface area contributed by atoms with Crippen molar-refractivity contribution in [3.63, 3.8) is 0 Å². The standard InChI is InChI=1S/C16H25N/c1-12(2)13-7-10-15(3)8-6-9-16(4,17-5)14(15)11-13/h13-14H,1,6-11H2,2-4H3/t13?,14?,15-,16-/m1/s1. The van der Waals surface area contributed by atoms with E-state index in [1.54, 1.807) is 0 Å². The van der Waals surface area contributed by atoms with Gasteiger partial charge in [0.2, 0.25) is 5.54 Å². The van der Waals surface area contributed by atoms with Gasteiger partial charge in [0, 0.05) is 19.3 Å². The van der Waals surface area contributed by atoms with Crippen LogP contribution in [0, 0.1) is 23.8 Å². The van der Waals surface area contributed by atoms with Gasteiger partial charge in [0.1, 0.15) is 0 Å². The van der Waals surface area contributed by atoms with Crippen molar-refractivity contribution in [1.29, 1.82) is 0 Å². The van der Waals surface area contributed by atoms with Gasteiger partial charge in [-0.15, -0.1) is 0 Å². The second-order valence-electron chi connectivity index (χ2n) is 6.85. The van der Waals surface area contributed by atoms with Crippen LogP contribution < -0.4 is 0 Å². The summed E-state index contributed by atoms with van der Waals surface area (Å²) in [4.78, 5) is 4.02. The van der Waals surface area contributed by atoms with E-state index in [9.17, 15) is 0 Å². The quantitative estimate of drug-likeness (QED) is 0.449. The van der Waals surface area contributed by atoms with E-state index in [1.165, 1.54) is 37.7 Å². The molecule has 2 rings (SSSR count). The molecule has 4 atom stereocenters. The molecule has 2 unspecified atom stereocenters. The minimum atomic E-state index is -0.110. The third-order valence-electron chi connectivity index (χ3n) is 5.56. The van der Waals surface area contributed by atoms with Crippen molar-refractivity contribution in [2.45, 2.75) is 64.8 Å². The van der Waals surface area contributed by atoms with Crippen LogP contribution in [0.3, 0.4) is 0 Å². The van der Waals surface area contributed by atoms with Crippen LogP contribution in [0.2, 0.25) is 0 Å². The molecular formula is C16H25N. The first-order valence-corrected chi connectivity index (χ1v) is 6.95. The summed E-state index contributed by atoms with van der Waals surface area (Å²) in [5.41, 5.74) is 1.63. The number of nitrogens with zero attached hydrogens (tertiary/aromatic N) is 1. The number of fused-ring (bicyclic) bond motifs is 1.